The van der Waals surface area contributed by atoms with Crippen LogP contribution in [0.5, 0.6) is 0 Å². The molecule has 4 heterocycles. The number of fused-ring (bicyclic) bond motifs is 1. The van der Waals surface area contributed by atoms with Gasteiger partial charge in [0.25, 0.3) is 0 Å². The fourth-order valence-corrected chi connectivity index (χ4v) is 3.49. The zero-order valence-electron chi connectivity index (χ0n) is 15.0. The second-order valence-electron chi connectivity index (χ2n) is 7.34. The van der Waals surface area contributed by atoms with E-state index in [4.69, 9.17) is 4.42 Å². The van der Waals surface area contributed by atoms with Gasteiger partial charge in [0.2, 0.25) is 11.8 Å². The monoisotopic (exact) mass is 351 g/mol. The van der Waals surface area contributed by atoms with Gasteiger partial charge in [-0.05, 0) is 31.4 Å². The van der Waals surface area contributed by atoms with Crippen molar-refractivity contribution in [2.24, 2.45) is 0 Å². The van der Waals surface area contributed by atoms with Crippen molar-refractivity contribution in [2.45, 2.75) is 44.1 Å². The molecule has 5 rings (SSSR count). The molecule has 0 amide bonds. The van der Waals surface area contributed by atoms with E-state index in [2.05, 4.69) is 29.9 Å². The van der Waals surface area contributed by atoms with E-state index in [1.807, 2.05) is 31.1 Å². The Bertz CT molecular complexity index is 923. The number of rotatable bonds is 4. The quantitative estimate of drug-likeness (QED) is 0.713. The van der Waals surface area contributed by atoms with Gasteiger partial charge in [-0.15, -0.1) is 20.4 Å². The molecule has 2 aliphatic rings. The molecule has 8 nitrogen and oxygen atoms in total. The van der Waals surface area contributed by atoms with Crippen molar-refractivity contribution in [3.05, 3.63) is 35.9 Å². The largest absolute Gasteiger partial charge is 0.420 e. The Morgan fingerprint density at radius 1 is 1.04 bits per heavy atom. The van der Waals surface area contributed by atoms with Crippen LogP contribution in [0.3, 0.4) is 0 Å². The van der Waals surface area contributed by atoms with Gasteiger partial charge in [0.15, 0.2) is 0 Å². The zero-order valence-corrected chi connectivity index (χ0v) is 15.0. The van der Waals surface area contributed by atoms with Gasteiger partial charge in [0.1, 0.15) is 17.5 Å². The molecule has 1 aliphatic carbocycles. The standard InChI is InChI=1S/C18H21N7O/c1-24(2)14-7-5-12(9-19-14)17-22-23-18(26-17)13-6-8-15-20-21-16(11-3-4-11)25(15)10-13/h5,7,9,11,13H,3-4,6,8,10H2,1-2H3/t13-/m0/s1. The van der Waals surface area contributed by atoms with Crippen LogP contribution in [0.1, 0.15) is 48.6 Å². The van der Waals surface area contributed by atoms with E-state index < -0.39 is 0 Å². The van der Waals surface area contributed by atoms with Crippen LogP contribution in [-0.2, 0) is 13.0 Å². The number of pyridine rings is 1. The van der Waals surface area contributed by atoms with Crippen molar-refractivity contribution < 1.29 is 4.42 Å². The molecule has 0 bridgehead atoms. The molecule has 26 heavy (non-hydrogen) atoms. The summed E-state index contributed by atoms with van der Waals surface area (Å²) >= 11 is 0. The highest BCUT2D eigenvalue weighted by molar-refractivity contribution is 5.54. The summed E-state index contributed by atoms with van der Waals surface area (Å²) in [5.74, 6) is 5.14. The molecule has 0 radical (unpaired) electrons. The average molecular weight is 351 g/mol. The first kappa shape index (κ1) is 15.5. The van der Waals surface area contributed by atoms with Crippen molar-refractivity contribution in [1.29, 1.82) is 0 Å². The highest BCUT2D eigenvalue weighted by Crippen LogP contribution is 2.41. The minimum atomic E-state index is 0.214. The summed E-state index contributed by atoms with van der Waals surface area (Å²) in [6, 6.07) is 3.91. The van der Waals surface area contributed by atoms with Crippen LogP contribution in [-0.4, -0.2) is 44.0 Å². The van der Waals surface area contributed by atoms with Crippen molar-refractivity contribution in [2.75, 3.05) is 19.0 Å². The van der Waals surface area contributed by atoms with Crippen LogP contribution in [0.25, 0.3) is 11.5 Å². The number of nitrogens with zero attached hydrogens (tertiary/aromatic N) is 7. The van der Waals surface area contributed by atoms with Crippen molar-refractivity contribution >= 4 is 5.82 Å². The first-order valence-electron chi connectivity index (χ1n) is 9.08. The maximum atomic E-state index is 5.99. The van der Waals surface area contributed by atoms with Gasteiger partial charge in [-0.25, -0.2) is 4.98 Å². The van der Waals surface area contributed by atoms with Crippen LogP contribution in [0.15, 0.2) is 22.7 Å². The van der Waals surface area contributed by atoms with Crippen LogP contribution in [0.2, 0.25) is 0 Å². The molecule has 0 unspecified atom stereocenters. The molecular weight excluding hydrogens is 330 g/mol. The first-order valence-corrected chi connectivity index (χ1v) is 9.08. The second-order valence-corrected chi connectivity index (χ2v) is 7.34. The summed E-state index contributed by atoms with van der Waals surface area (Å²) < 4.78 is 8.25. The molecule has 134 valence electrons. The third kappa shape index (κ3) is 2.65. The first-order chi connectivity index (χ1) is 12.7. The molecule has 8 heteroatoms. The average Bonchev–Trinajstić information content (AvgIpc) is 3.23. The van der Waals surface area contributed by atoms with Gasteiger partial charge < -0.3 is 13.9 Å². The lowest BCUT2D eigenvalue weighted by atomic mass is 9.99. The molecule has 3 aromatic heterocycles. The summed E-state index contributed by atoms with van der Waals surface area (Å²) in [5, 5.41) is 17.3. The van der Waals surface area contributed by atoms with Crippen LogP contribution in [0, 0.1) is 0 Å². The lowest BCUT2D eigenvalue weighted by molar-refractivity contribution is 0.367. The van der Waals surface area contributed by atoms with Gasteiger partial charge in [0.05, 0.1) is 11.5 Å². The van der Waals surface area contributed by atoms with E-state index in [9.17, 15) is 0 Å². The molecule has 1 atom stereocenters. The number of hydrogen-bond donors (Lipinski definition) is 0. The van der Waals surface area contributed by atoms with Crippen LogP contribution >= 0.6 is 0 Å². The molecule has 0 aromatic carbocycles. The van der Waals surface area contributed by atoms with Gasteiger partial charge in [-0.1, -0.05) is 0 Å². The fourth-order valence-electron chi connectivity index (χ4n) is 3.49. The molecule has 0 spiro atoms. The maximum absolute atomic E-state index is 5.99. The Kier molecular flexibility index (Phi) is 3.51. The van der Waals surface area contributed by atoms with Crippen LogP contribution in [0.4, 0.5) is 5.82 Å². The Morgan fingerprint density at radius 3 is 2.65 bits per heavy atom. The maximum Gasteiger partial charge on any atom is 0.249 e. The molecule has 1 aliphatic heterocycles. The molecule has 3 aromatic rings. The molecule has 0 saturated heterocycles. The fraction of sp³-hybridized carbons (Fsp3) is 0.500. The zero-order chi connectivity index (χ0) is 17.7. The minimum absolute atomic E-state index is 0.214. The summed E-state index contributed by atoms with van der Waals surface area (Å²) in [4.78, 5) is 6.37. The molecule has 1 saturated carbocycles. The van der Waals surface area contributed by atoms with Crippen molar-refractivity contribution in [3.8, 4) is 11.5 Å². The summed E-state index contributed by atoms with van der Waals surface area (Å²) in [7, 11) is 3.93. The lowest BCUT2D eigenvalue weighted by Gasteiger charge is -2.21. The number of aromatic nitrogens is 6. The van der Waals surface area contributed by atoms with E-state index >= 15 is 0 Å². The minimum Gasteiger partial charge on any atom is -0.420 e. The summed E-state index contributed by atoms with van der Waals surface area (Å²) in [6.45, 7) is 0.827. The molecule has 1 fully saturated rings. The normalized spacial score (nSPS) is 19.4. The van der Waals surface area contributed by atoms with Gasteiger partial charge >= 0.3 is 0 Å². The highest BCUT2D eigenvalue weighted by Gasteiger charge is 2.34. The van der Waals surface area contributed by atoms with Crippen molar-refractivity contribution in [3.63, 3.8) is 0 Å². The Balaban J connectivity index is 1.37. The predicted molar refractivity (Wildman–Crippen MR) is 94.9 cm³/mol. The Morgan fingerprint density at radius 2 is 1.92 bits per heavy atom. The van der Waals surface area contributed by atoms with Gasteiger partial charge in [0, 0.05) is 39.2 Å². The number of aryl methyl sites for hydroxylation is 1. The summed E-state index contributed by atoms with van der Waals surface area (Å²) in [6.07, 6.45) is 6.09. The van der Waals surface area contributed by atoms with Gasteiger partial charge in [-0.3, -0.25) is 0 Å². The van der Waals surface area contributed by atoms with E-state index in [0.717, 1.165) is 42.4 Å². The Hall–Kier alpha value is -2.77. The van der Waals surface area contributed by atoms with E-state index in [-0.39, 0.29) is 5.92 Å². The Labute approximate surface area is 151 Å². The SMILES string of the molecule is CN(C)c1ccc(-c2nnc([C@H]3CCc4nnc(C5CC5)n4C3)o2)cn1. The van der Waals surface area contributed by atoms with E-state index in [1.54, 1.807) is 6.20 Å². The smallest absolute Gasteiger partial charge is 0.249 e. The van der Waals surface area contributed by atoms with Crippen LogP contribution < -0.4 is 4.90 Å². The lowest BCUT2D eigenvalue weighted by Crippen LogP contribution is -2.20. The third-order valence-electron chi connectivity index (χ3n) is 5.16. The van der Waals surface area contributed by atoms with E-state index in [0.29, 0.717) is 17.7 Å². The van der Waals surface area contributed by atoms with E-state index in [1.165, 1.54) is 12.8 Å². The van der Waals surface area contributed by atoms with Gasteiger partial charge in [-0.2, -0.15) is 0 Å². The summed E-state index contributed by atoms with van der Waals surface area (Å²) in [5.41, 5.74) is 0.841. The number of anilines is 1. The predicted octanol–water partition coefficient (Wildman–Crippen LogP) is 2.40. The third-order valence-corrected chi connectivity index (χ3v) is 5.16. The topological polar surface area (TPSA) is 85.8 Å². The molecule has 0 N–H and O–H groups in total. The highest BCUT2D eigenvalue weighted by atomic mass is 16.4. The molecular formula is C18H21N7O. The van der Waals surface area contributed by atoms with Crippen molar-refractivity contribution in [1.82, 2.24) is 29.9 Å². The second kappa shape index (κ2) is 5.89. The number of hydrogen-bond acceptors (Lipinski definition) is 7.